The Balaban J connectivity index is 2.04. The van der Waals surface area contributed by atoms with Gasteiger partial charge in [0.05, 0.1) is 11.9 Å². The first-order valence-corrected chi connectivity index (χ1v) is 6.53. The van der Waals surface area contributed by atoms with Crippen LogP contribution >= 0.6 is 11.6 Å². The normalized spacial score (nSPS) is 12.8. The van der Waals surface area contributed by atoms with Crippen LogP contribution < -0.4 is 5.32 Å². The van der Waals surface area contributed by atoms with E-state index in [0.717, 1.165) is 11.0 Å². The van der Waals surface area contributed by atoms with Crippen LogP contribution in [0.3, 0.4) is 0 Å². The Morgan fingerprint density at radius 1 is 1.25 bits per heavy atom. The van der Waals surface area contributed by atoms with Crippen LogP contribution in [0.2, 0.25) is 5.02 Å². The summed E-state index contributed by atoms with van der Waals surface area (Å²) < 4.78 is 18.8. The predicted octanol–water partition coefficient (Wildman–Crippen LogP) is 3.93. The lowest BCUT2D eigenvalue weighted by molar-refractivity contribution is 0.484. The molecule has 0 bridgehead atoms. The number of nitrogens with zero attached hydrogens (tertiary/aromatic N) is 1. The number of aromatic nitrogens is 1. The fourth-order valence-corrected chi connectivity index (χ4v) is 2.35. The highest BCUT2D eigenvalue weighted by Gasteiger charge is 2.18. The van der Waals surface area contributed by atoms with Crippen molar-refractivity contribution < 1.29 is 8.81 Å². The molecule has 3 rings (SSSR count). The third kappa shape index (κ3) is 2.40. The Bertz CT molecular complexity index is 739. The van der Waals surface area contributed by atoms with E-state index in [0.29, 0.717) is 16.5 Å². The van der Waals surface area contributed by atoms with Gasteiger partial charge in [0.2, 0.25) is 0 Å². The average Bonchev–Trinajstić information content (AvgIpc) is 2.84. The fourth-order valence-electron chi connectivity index (χ4n) is 2.17. The molecule has 0 aliphatic heterocycles. The van der Waals surface area contributed by atoms with Gasteiger partial charge in [-0.15, -0.1) is 0 Å². The van der Waals surface area contributed by atoms with Gasteiger partial charge in [-0.25, -0.2) is 4.39 Å². The maximum absolute atomic E-state index is 12.9. The summed E-state index contributed by atoms with van der Waals surface area (Å²) in [7, 11) is 1.80. The van der Waals surface area contributed by atoms with E-state index in [-0.39, 0.29) is 11.9 Å². The van der Waals surface area contributed by atoms with E-state index in [1.807, 2.05) is 18.2 Å². The van der Waals surface area contributed by atoms with Gasteiger partial charge in [0.25, 0.3) is 0 Å². The molecule has 3 aromatic rings. The van der Waals surface area contributed by atoms with Crippen molar-refractivity contribution in [1.29, 1.82) is 0 Å². The second-order valence-corrected chi connectivity index (χ2v) is 4.89. The van der Waals surface area contributed by atoms with Crippen molar-refractivity contribution in [2.75, 3.05) is 7.05 Å². The molecule has 1 unspecified atom stereocenters. The minimum Gasteiger partial charge on any atom is -0.459 e. The number of benzene rings is 1. The molecule has 2 aromatic heterocycles. The molecule has 0 spiro atoms. The lowest BCUT2D eigenvalue weighted by Gasteiger charge is -2.12. The zero-order valence-corrected chi connectivity index (χ0v) is 11.5. The van der Waals surface area contributed by atoms with Gasteiger partial charge in [-0.05, 0) is 43.4 Å². The molecule has 1 atom stereocenters. The first-order chi connectivity index (χ1) is 9.67. The van der Waals surface area contributed by atoms with Gasteiger partial charge in [-0.2, -0.15) is 0 Å². The van der Waals surface area contributed by atoms with Gasteiger partial charge < -0.3 is 9.73 Å². The van der Waals surface area contributed by atoms with Crippen molar-refractivity contribution in [2.45, 2.75) is 6.04 Å². The standard InChI is InChI=1S/C15H12ClFN2O/c1-18-15(12-4-3-11(17)8-19-12)14-7-9-6-10(16)2-5-13(9)20-14/h2-8,15,18H,1H3. The number of halogens is 2. The lowest BCUT2D eigenvalue weighted by atomic mass is 10.1. The zero-order valence-electron chi connectivity index (χ0n) is 10.7. The summed E-state index contributed by atoms with van der Waals surface area (Å²) in [5, 5.41) is 4.70. The highest BCUT2D eigenvalue weighted by atomic mass is 35.5. The van der Waals surface area contributed by atoms with Crippen LogP contribution in [0.5, 0.6) is 0 Å². The van der Waals surface area contributed by atoms with Gasteiger partial charge in [-0.3, -0.25) is 4.98 Å². The lowest BCUT2D eigenvalue weighted by Crippen LogP contribution is -2.18. The van der Waals surface area contributed by atoms with E-state index in [1.165, 1.54) is 12.3 Å². The molecule has 0 saturated carbocycles. The van der Waals surface area contributed by atoms with Gasteiger partial charge >= 0.3 is 0 Å². The fraction of sp³-hybridized carbons (Fsp3) is 0.133. The molecular weight excluding hydrogens is 279 g/mol. The van der Waals surface area contributed by atoms with Crippen LogP contribution in [0, 0.1) is 5.82 Å². The van der Waals surface area contributed by atoms with Crippen LogP contribution in [-0.2, 0) is 0 Å². The molecule has 20 heavy (non-hydrogen) atoms. The maximum Gasteiger partial charge on any atom is 0.141 e. The summed E-state index contributed by atoms with van der Waals surface area (Å²) in [6.07, 6.45) is 1.19. The van der Waals surface area contributed by atoms with Crippen molar-refractivity contribution in [2.24, 2.45) is 0 Å². The molecular formula is C15H12ClFN2O. The second kappa shape index (κ2) is 5.23. The van der Waals surface area contributed by atoms with Crippen LogP contribution in [0.1, 0.15) is 17.5 Å². The number of hydrogen-bond donors (Lipinski definition) is 1. The summed E-state index contributed by atoms with van der Waals surface area (Å²) in [6, 6.07) is 10.1. The molecule has 0 amide bonds. The Morgan fingerprint density at radius 2 is 2.10 bits per heavy atom. The summed E-state index contributed by atoms with van der Waals surface area (Å²) >= 11 is 5.96. The summed E-state index contributed by atoms with van der Waals surface area (Å²) in [5.41, 5.74) is 1.45. The number of nitrogens with one attached hydrogen (secondary N) is 1. The first kappa shape index (κ1) is 13.1. The highest BCUT2D eigenvalue weighted by Crippen LogP contribution is 2.28. The minimum absolute atomic E-state index is 0.234. The van der Waals surface area contributed by atoms with Gasteiger partial charge in [0, 0.05) is 10.4 Å². The van der Waals surface area contributed by atoms with E-state index in [9.17, 15) is 4.39 Å². The third-order valence-corrected chi connectivity index (χ3v) is 3.35. The summed E-state index contributed by atoms with van der Waals surface area (Å²) in [5.74, 6) is 0.351. The van der Waals surface area contributed by atoms with E-state index in [1.54, 1.807) is 19.2 Å². The smallest absolute Gasteiger partial charge is 0.141 e. The summed E-state index contributed by atoms with van der Waals surface area (Å²) in [4.78, 5) is 4.09. The van der Waals surface area contributed by atoms with Crippen LogP contribution in [0.25, 0.3) is 11.0 Å². The first-order valence-electron chi connectivity index (χ1n) is 6.15. The van der Waals surface area contributed by atoms with E-state index < -0.39 is 0 Å². The van der Waals surface area contributed by atoms with Crippen molar-refractivity contribution in [3.05, 3.63) is 64.9 Å². The van der Waals surface area contributed by atoms with Crippen LogP contribution in [0.15, 0.2) is 47.0 Å². The van der Waals surface area contributed by atoms with Crippen molar-refractivity contribution in [3.8, 4) is 0 Å². The second-order valence-electron chi connectivity index (χ2n) is 4.45. The number of fused-ring (bicyclic) bond motifs is 1. The molecule has 0 fully saturated rings. The van der Waals surface area contributed by atoms with Gasteiger partial charge in [-0.1, -0.05) is 11.6 Å². The SMILES string of the molecule is CNC(c1ccc(F)cn1)c1cc2cc(Cl)ccc2o1. The molecule has 1 aromatic carbocycles. The Labute approximate surface area is 120 Å². The van der Waals surface area contributed by atoms with Crippen LogP contribution in [0.4, 0.5) is 4.39 Å². The topological polar surface area (TPSA) is 38.1 Å². The zero-order chi connectivity index (χ0) is 14.1. The average molecular weight is 291 g/mol. The quantitative estimate of drug-likeness (QED) is 0.794. The molecule has 3 nitrogen and oxygen atoms in total. The molecule has 0 saturated heterocycles. The van der Waals surface area contributed by atoms with E-state index in [2.05, 4.69) is 10.3 Å². The molecule has 0 aliphatic carbocycles. The molecule has 0 radical (unpaired) electrons. The molecule has 102 valence electrons. The van der Waals surface area contributed by atoms with Crippen LogP contribution in [-0.4, -0.2) is 12.0 Å². The van der Waals surface area contributed by atoms with Gasteiger partial charge in [0.1, 0.15) is 23.2 Å². The van der Waals surface area contributed by atoms with Crippen molar-refractivity contribution in [3.63, 3.8) is 0 Å². The molecule has 2 heterocycles. The van der Waals surface area contributed by atoms with Gasteiger partial charge in [0.15, 0.2) is 0 Å². The maximum atomic E-state index is 12.9. The number of hydrogen-bond acceptors (Lipinski definition) is 3. The molecule has 5 heteroatoms. The van der Waals surface area contributed by atoms with Crippen molar-refractivity contribution >= 4 is 22.6 Å². The van der Waals surface area contributed by atoms with E-state index >= 15 is 0 Å². The minimum atomic E-state index is -0.361. The monoisotopic (exact) mass is 290 g/mol. The summed E-state index contributed by atoms with van der Waals surface area (Å²) in [6.45, 7) is 0. The largest absolute Gasteiger partial charge is 0.459 e. The Morgan fingerprint density at radius 3 is 2.80 bits per heavy atom. The Hall–Kier alpha value is -1.91. The Kier molecular flexibility index (Phi) is 3.42. The third-order valence-electron chi connectivity index (χ3n) is 3.12. The number of furan rings is 1. The number of pyridine rings is 1. The highest BCUT2D eigenvalue weighted by molar-refractivity contribution is 6.31. The van der Waals surface area contributed by atoms with Crippen molar-refractivity contribution in [1.82, 2.24) is 10.3 Å². The van der Waals surface area contributed by atoms with E-state index in [4.69, 9.17) is 16.0 Å². The number of rotatable bonds is 3. The molecule has 0 aliphatic rings. The predicted molar refractivity (Wildman–Crippen MR) is 76.3 cm³/mol. The molecule has 1 N–H and O–H groups in total.